The monoisotopic (exact) mass is 339 g/mol. The Morgan fingerprint density at radius 3 is 2.72 bits per heavy atom. The molecule has 0 bridgehead atoms. The van der Waals surface area contributed by atoms with Gasteiger partial charge in [-0.15, -0.1) is 0 Å². The summed E-state index contributed by atoms with van der Waals surface area (Å²) in [5, 5.41) is 6.56. The van der Waals surface area contributed by atoms with Crippen LogP contribution in [0, 0.1) is 0 Å². The largest absolute Gasteiger partial charge is 0.474 e. The average molecular weight is 339 g/mol. The van der Waals surface area contributed by atoms with Crippen LogP contribution in [0.15, 0.2) is 47.7 Å². The molecule has 6 nitrogen and oxygen atoms in total. The Morgan fingerprint density at radius 2 is 1.96 bits per heavy atom. The van der Waals surface area contributed by atoms with Gasteiger partial charge in [0, 0.05) is 32.1 Å². The second-order valence-electron chi connectivity index (χ2n) is 6.13. The molecular weight excluding hydrogens is 314 g/mol. The molecule has 0 saturated heterocycles. The molecule has 0 aromatic carbocycles. The number of aromatic nitrogens is 2. The standard InChI is InChI=1S/C19H25N5O/c1-20-19(24-14-16-6-4-5-10-21-16)23-13-15-9-11-22-18(12-15)25-17-7-2-3-8-17/h4-6,9-12,17H,2-3,7-8,13-14H2,1H3,(H2,20,23,24). The number of nitrogens with zero attached hydrogens (tertiary/aromatic N) is 3. The van der Waals surface area contributed by atoms with Crippen LogP contribution in [0.5, 0.6) is 5.88 Å². The van der Waals surface area contributed by atoms with Crippen LogP contribution in [0.2, 0.25) is 0 Å². The maximum Gasteiger partial charge on any atom is 0.213 e. The summed E-state index contributed by atoms with van der Waals surface area (Å²) < 4.78 is 5.96. The molecule has 1 aliphatic carbocycles. The molecule has 6 heteroatoms. The molecule has 1 aliphatic rings. The summed E-state index contributed by atoms with van der Waals surface area (Å²) in [6, 6.07) is 9.85. The van der Waals surface area contributed by atoms with E-state index in [1.165, 1.54) is 12.8 Å². The Labute approximate surface area is 148 Å². The first-order valence-corrected chi connectivity index (χ1v) is 8.79. The van der Waals surface area contributed by atoms with Gasteiger partial charge in [0.25, 0.3) is 0 Å². The van der Waals surface area contributed by atoms with Gasteiger partial charge in [0.05, 0.1) is 12.2 Å². The zero-order valence-corrected chi connectivity index (χ0v) is 14.6. The summed E-state index contributed by atoms with van der Waals surface area (Å²) >= 11 is 0. The van der Waals surface area contributed by atoms with Crippen molar-refractivity contribution < 1.29 is 4.74 Å². The predicted molar refractivity (Wildman–Crippen MR) is 98.4 cm³/mol. The molecule has 1 fully saturated rings. The third-order valence-electron chi connectivity index (χ3n) is 4.24. The minimum absolute atomic E-state index is 0.323. The second kappa shape index (κ2) is 9.01. The molecule has 0 aliphatic heterocycles. The summed E-state index contributed by atoms with van der Waals surface area (Å²) in [4.78, 5) is 12.9. The highest BCUT2D eigenvalue weighted by molar-refractivity contribution is 5.79. The van der Waals surface area contributed by atoms with Gasteiger partial charge in [0.1, 0.15) is 6.10 Å². The van der Waals surface area contributed by atoms with E-state index in [-0.39, 0.29) is 0 Å². The molecule has 0 amide bonds. The first kappa shape index (κ1) is 17.2. The molecule has 3 rings (SSSR count). The van der Waals surface area contributed by atoms with E-state index in [9.17, 15) is 0 Å². The Balaban J connectivity index is 1.49. The Bertz CT molecular complexity index is 683. The summed E-state index contributed by atoms with van der Waals surface area (Å²) in [5.41, 5.74) is 2.09. The van der Waals surface area contributed by atoms with Gasteiger partial charge in [0.15, 0.2) is 5.96 Å². The van der Waals surface area contributed by atoms with E-state index in [0.717, 1.165) is 30.1 Å². The quantitative estimate of drug-likeness (QED) is 0.625. The number of hydrogen-bond acceptors (Lipinski definition) is 4. The van der Waals surface area contributed by atoms with Crippen LogP contribution in [0.4, 0.5) is 0 Å². The van der Waals surface area contributed by atoms with Gasteiger partial charge in [0.2, 0.25) is 5.88 Å². The number of aliphatic imine (C=N–C) groups is 1. The van der Waals surface area contributed by atoms with Crippen molar-refractivity contribution in [3.05, 3.63) is 54.0 Å². The second-order valence-corrected chi connectivity index (χ2v) is 6.13. The molecule has 2 aromatic heterocycles. The predicted octanol–water partition coefficient (Wildman–Crippen LogP) is 2.66. The summed E-state index contributed by atoms with van der Waals surface area (Å²) in [6.07, 6.45) is 8.68. The minimum Gasteiger partial charge on any atom is -0.474 e. The van der Waals surface area contributed by atoms with Crippen LogP contribution < -0.4 is 15.4 Å². The van der Waals surface area contributed by atoms with Crippen LogP contribution >= 0.6 is 0 Å². The van der Waals surface area contributed by atoms with Crippen LogP contribution in [0.1, 0.15) is 36.9 Å². The van der Waals surface area contributed by atoms with E-state index in [2.05, 4.69) is 25.6 Å². The molecule has 2 N–H and O–H groups in total. The van der Waals surface area contributed by atoms with E-state index >= 15 is 0 Å². The molecule has 0 radical (unpaired) electrons. The first-order valence-electron chi connectivity index (χ1n) is 8.79. The summed E-state index contributed by atoms with van der Waals surface area (Å²) in [5.74, 6) is 1.45. The number of rotatable bonds is 6. The van der Waals surface area contributed by atoms with Gasteiger partial charge in [-0.05, 0) is 49.4 Å². The molecule has 0 atom stereocenters. The number of guanidine groups is 1. The van der Waals surface area contributed by atoms with Gasteiger partial charge >= 0.3 is 0 Å². The van der Waals surface area contributed by atoms with Crippen molar-refractivity contribution in [3.8, 4) is 5.88 Å². The number of ether oxygens (including phenoxy) is 1. The van der Waals surface area contributed by atoms with Gasteiger partial charge in [-0.2, -0.15) is 0 Å². The van der Waals surface area contributed by atoms with Crippen molar-refractivity contribution in [3.63, 3.8) is 0 Å². The SMILES string of the molecule is CN=C(NCc1ccnc(OC2CCCC2)c1)NCc1ccccn1. The third kappa shape index (κ3) is 5.45. The third-order valence-corrected chi connectivity index (χ3v) is 4.24. The normalized spacial score (nSPS) is 15.2. The fraction of sp³-hybridized carbons (Fsp3) is 0.421. The zero-order chi connectivity index (χ0) is 17.3. The van der Waals surface area contributed by atoms with Crippen molar-refractivity contribution in [2.45, 2.75) is 44.9 Å². The topological polar surface area (TPSA) is 71.4 Å². The lowest BCUT2D eigenvalue weighted by Gasteiger charge is -2.14. The molecule has 0 unspecified atom stereocenters. The number of nitrogens with one attached hydrogen (secondary N) is 2. The Kier molecular flexibility index (Phi) is 6.20. The van der Waals surface area contributed by atoms with Crippen LogP contribution in [-0.4, -0.2) is 29.1 Å². The molecule has 25 heavy (non-hydrogen) atoms. The van der Waals surface area contributed by atoms with E-state index < -0.39 is 0 Å². The van der Waals surface area contributed by atoms with Gasteiger partial charge < -0.3 is 15.4 Å². The number of hydrogen-bond donors (Lipinski definition) is 2. The lowest BCUT2D eigenvalue weighted by atomic mass is 10.2. The van der Waals surface area contributed by atoms with E-state index in [0.29, 0.717) is 25.1 Å². The molecule has 1 saturated carbocycles. The lowest BCUT2D eigenvalue weighted by molar-refractivity contribution is 0.201. The van der Waals surface area contributed by atoms with E-state index in [1.807, 2.05) is 30.3 Å². The van der Waals surface area contributed by atoms with Crippen molar-refractivity contribution >= 4 is 5.96 Å². The minimum atomic E-state index is 0.323. The average Bonchev–Trinajstić information content (AvgIpc) is 3.16. The highest BCUT2D eigenvalue weighted by Gasteiger charge is 2.17. The first-order chi connectivity index (χ1) is 12.3. The lowest BCUT2D eigenvalue weighted by Crippen LogP contribution is -2.36. The number of pyridine rings is 2. The fourth-order valence-corrected chi connectivity index (χ4v) is 2.89. The maximum absolute atomic E-state index is 5.96. The summed E-state index contributed by atoms with van der Waals surface area (Å²) in [6.45, 7) is 1.29. The molecule has 2 aromatic rings. The zero-order valence-electron chi connectivity index (χ0n) is 14.6. The molecule has 0 spiro atoms. The Hall–Kier alpha value is -2.63. The van der Waals surface area contributed by atoms with Gasteiger partial charge in [-0.3, -0.25) is 9.98 Å². The van der Waals surface area contributed by atoms with Crippen LogP contribution in [-0.2, 0) is 13.1 Å². The maximum atomic E-state index is 5.96. The van der Waals surface area contributed by atoms with Gasteiger partial charge in [-0.25, -0.2) is 4.98 Å². The highest BCUT2D eigenvalue weighted by atomic mass is 16.5. The van der Waals surface area contributed by atoms with Crippen LogP contribution in [0.3, 0.4) is 0 Å². The van der Waals surface area contributed by atoms with Gasteiger partial charge in [-0.1, -0.05) is 6.07 Å². The smallest absolute Gasteiger partial charge is 0.213 e. The molecular formula is C19H25N5O. The van der Waals surface area contributed by atoms with E-state index in [4.69, 9.17) is 4.74 Å². The highest BCUT2D eigenvalue weighted by Crippen LogP contribution is 2.23. The van der Waals surface area contributed by atoms with Crippen molar-refractivity contribution in [2.24, 2.45) is 4.99 Å². The molecule has 132 valence electrons. The van der Waals surface area contributed by atoms with Crippen molar-refractivity contribution in [2.75, 3.05) is 7.05 Å². The van der Waals surface area contributed by atoms with Crippen molar-refractivity contribution in [1.29, 1.82) is 0 Å². The van der Waals surface area contributed by atoms with Crippen LogP contribution in [0.25, 0.3) is 0 Å². The Morgan fingerprint density at radius 1 is 1.12 bits per heavy atom. The molecule has 2 heterocycles. The van der Waals surface area contributed by atoms with Crippen molar-refractivity contribution in [1.82, 2.24) is 20.6 Å². The fourth-order valence-electron chi connectivity index (χ4n) is 2.89. The van der Waals surface area contributed by atoms with E-state index in [1.54, 1.807) is 19.4 Å². The summed E-state index contributed by atoms with van der Waals surface area (Å²) in [7, 11) is 1.76.